The molecular formula is C18H16N2O2S2. The molecule has 1 aliphatic heterocycles. The molecule has 6 heteroatoms. The average molecular weight is 356 g/mol. The number of nitrogens with one attached hydrogen (secondary N) is 1. The van der Waals surface area contributed by atoms with Crippen LogP contribution in [0.2, 0.25) is 0 Å². The van der Waals surface area contributed by atoms with Gasteiger partial charge in [0.1, 0.15) is 5.69 Å². The van der Waals surface area contributed by atoms with Gasteiger partial charge in [-0.05, 0) is 47.9 Å². The number of H-pyrrole nitrogens is 1. The second-order valence-electron chi connectivity index (χ2n) is 5.82. The van der Waals surface area contributed by atoms with Gasteiger partial charge < -0.3 is 9.88 Å². The number of ketones is 1. The van der Waals surface area contributed by atoms with E-state index in [0.29, 0.717) is 17.8 Å². The van der Waals surface area contributed by atoms with Gasteiger partial charge in [0.2, 0.25) is 0 Å². The molecule has 0 fully saturated rings. The molecule has 0 aromatic carbocycles. The van der Waals surface area contributed by atoms with Crippen molar-refractivity contribution in [2.75, 3.05) is 6.54 Å². The van der Waals surface area contributed by atoms with Crippen LogP contribution in [0.5, 0.6) is 0 Å². The van der Waals surface area contributed by atoms with Crippen molar-refractivity contribution in [1.29, 1.82) is 0 Å². The maximum absolute atomic E-state index is 13.1. The summed E-state index contributed by atoms with van der Waals surface area (Å²) in [5, 5.41) is 4.14. The molecule has 1 amide bonds. The van der Waals surface area contributed by atoms with Gasteiger partial charge >= 0.3 is 0 Å². The number of hydrogen-bond acceptors (Lipinski definition) is 4. The molecule has 3 aromatic rings. The Labute approximate surface area is 147 Å². The lowest BCUT2D eigenvalue weighted by Crippen LogP contribution is -2.39. The van der Waals surface area contributed by atoms with Crippen LogP contribution < -0.4 is 0 Å². The second kappa shape index (κ2) is 6.03. The minimum atomic E-state index is -0.0576. The van der Waals surface area contributed by atoms with Gasteiger partial charge in [-0.3, -0.25) is 9.59 Å². The average Bonchev–Trinajstić information content (AvgIpc) is 3.33. The van der Waals surface area contributed by atoms with E-state index in [9.17, 15) is 9.59 Å². The largest absolute Gasteiger partial charge is 0.356 e. The van der Waals surface area contributed by atoms with Crippen molar-refractivity contribution in [3.05, 3.63) is 67.8 Å². The van der Waals surface area contributed by atoms with E-state index in [-0.39, 0.29) is 17.7 Å². The Kier molecular flexibility index (Phi) is 3.86. The van der Waals surface area contributed by atoms with Gasteiger partial charge in [0.05, 0.1) is 6.04 Å². The molecule has 0 aliphatic carbocycles. The molecule has 1 atom stereocenters. The highest BCUT2D eigenvalue weighted by Gasteiger charge is 2.34. The van der Waals surface area contributed by atoms with Gasteiger partial charge in [0.15, 0.2) is 5.78 Å². The third-order valence-corrected chi connectivity index (χ3v) is 6.28. The van der Waals surface area contributed by atoms with Gasteiger partial charge in [0.25, 0.3) is 5.91 Å². The number of nitrogens with zero attached hydrogens (tertiary/aromatic N) is 1. The number of Topliss-reactive ketones (excluding diaryl/α,β-unsaturated/α-hetero) is 1. The Bertz CT molecular complexity index is 892. The van der Waals surface area contributed by atoms with E-state index < -0.39 is 0 Å². The van der Waals surface area contributed by atoms with Gasteiger partial charge in [0, 0.05) is 28.1 Å². The van der Waals surface area contributed by atoms with E-state index in [1.807, 2.05) is 16.3 Å². The first-order valence-corrected chi connectivity index (χ1v) is 9.51. The third-order valence-electron chi connectivity index (χ3n) is 4.36. The maximum atomic E-state index is 13.1. The molecule has 0 radical (unpaired) electrons. The van der Waals surface area contributed by atoms with E-state index >= 15 is 0 Å². The molecule has 4 nitrogen and oxygen atoms in total. The summed E-state index contributed by atoms with van der Waals surface area (Å²) in [6.07, 6.45) is 2.48. The quantitative estimate of drug-likeness (QED) is 0.718. The number of aromatic nitrogens is 1. The molecular weight excluding hydrogens is 340 g/mol. The number of thiophene rings is 2. The summed E-state index contributed by atoms with van der Waals surface area (Å²) in [5.74, 6) is -0.100. The lowest BCUT2D eigenvalue weighted by molar-refractivity contribution is 0.0693. The minimum absolute atomic E-state index is 0.0427. The zero-order valence-corrected chi connectivity index (χ0v) is 14.7. The molecule has 122 valence electrons. The van der Waals surface area contributed by atoms with Crippen LogP contribution in [-0.2, 0) is 6.42 Å². The van der Waals surface area contributed by atoms with E-state index in [2.05, 4.69) is 22.5 Å². The molecule has 0 saturated heterocycles. The SMILES string of the molecule is CC(=O)c1c[nH]c(C(=O)N2CCc3sccc3[C@@H]2c2cccs2)c1. The first-order chi connectivity index (χ1) is 11.6. The lowest BCUT2D eigenvalue weighted by atomic mass is 9.98. The summed E-state index contributed by atoms with van der Waals surface area (Å²) in [4.78, 5) is 32.0. The van der Waals surface area contributed by atoms with Gasteiger partial charge in [-0.1, -0.05) is 6.07 Å². The number of fused-ring (bicyclic) bond motifs is 1. The number of aromatic amines is 1. The van der Waals surface area contributed by atoms with Crippen LogP contribution >= 0.6 is 22.7 Å². The van der Waals surface area contributed by atoms with Crippen LogP contribution in [0.4, 0.5) is 0 Å². The highest BCUT2D eigenvalue weighted by Crippen LogP contribution is 2.40. The molecule has 3 aromatic heterocycles. The predicted molar refractivity (Wildman–Crippen MR) is 96.0 cm³/mol. The van der Waals surface area contributed by atoms with Crippen LogP contribution in [0.15, 0.2) is 41.2 Å². The van der Waals surface area contributed by atoms with Gasteiger partial charge in [-0.25, -0.2) is 0 Å². The fraction of sp³-hybridized carbons (Fsp3) is 0.222. The van der Waals surface area contributed by atoms with Crippen LogP contribution in [-0.4, -0.2) is 28.1 Å². The zero-order valence-electron chi connectivity index (χ0n) is 13.1. The van der Waals surface area contributed by atoms with E-state index in [1.54, 1.807) is 34.9 Å². The zero-order chi connectivity index (χ0) is 16.7. The number of hydrogen-bond donors (Lipinski definition) is 1. The summed E-state index contributed by atoms with van der Waals surface area (Å²) in [5.41, 5.74) is 2.24. The number of carbonyl (C=O) groups excluding carboxylic acids is 2. The molecule has 0 unspecified atom stereocenters. The molecule has 24 heavy (non-hydrogen) atoms. The van der Waals surface area contributed by atoms with Crippen LogP contribution in [0.3, 0.4) is 0 Å². The number of rotatable bonds is 3. The molecule has 0 saturated carbocycles. The molecule has 1 N–H and O–H groups in total. The van der Waals surface area contributed by atoms with Crippen molar-refractivity contribution in [3.63, 3.8) is 0 Å². The summed E-state index contributed by atoms with van der Waals surface area (Å²) in [6.45, 7) is 2.19. The van der Waals surface area contributed by atoms with Crippen molar-refractivity contribution < 1.29 is 9.59 Å². The Hall–Kier alpha value is -2.18. The minimum Gasteiger partial charge on any atom is -0.356 e. The summed E-state index contributed by atoms with van der Waals surface area (Å²) >= 11 is 3.43. The fourth-order valence-corrected chi connectivity index (χ4v) is 4.92. The monoisotopic (exact) mass is 356 g/mol. The molecule has 0 bridgehead atoms. The Balaban J connectivity index is 1.73. The van der Waals surface area contributed by atoms with Gasteiger partial charge in [-0.15, -0.1) is 22.7 Å². The lowest BCUT2D eigenvalue weighted by Gasteiger charge is -2.35. The Morgan fingerprint density at radius 3 is 2.83 bits per heavy atom. The Morgan fingerprint density at radius 1 is 1.25 bits per heavy atom. The van der Waals surface area contributed by atoms with E-state index in [1.165, 1.54) is 22.2 Å². The highest BCUT2D eigenvalue weighted by atomic mass is 32.1. The normalized spacial score (nSPS) is 16.9. The summed E-state index contributed by atoms with van der Waals surface area (Å²) in [7, 11) is 0. The van der Waals surface area contributed by atoms with Crippen LogP contribution in [0.25, 0.3) is 0 Å². The summed E-state index contributed by atoms with van der Waals surface area (Å²) < 4.78 is 0. The molecule has 1 aliphatic rings. The van der Waals surface area contributed by atoms with Crippen molar-refractivity contribution in [3.8, 4) is 0 Å². The predicted octanol–water partition coefficient (Wildman–Crippen LogP) is 4.13. The number of carbonyl (C=O) groups is 2. The smallest absolute Gasteiger partial charge is 0.271 e. The third kappa shape index (κ3) is 2.52. The molecule has 0 spiro atoms. The standard InChI is InChI=1S/C18H16N2O2S2/c1-11(21)12-9-14(19-10-12)18(22)20-6-4-15-13(5-8-24-15)17(20)16-3-2-7-23-16/h2-3,5,7-10,17,19H,4,6H2,1H3/t17-/m1/s1. The fourth-order valence-electron chi connectivity index (χ4n) is 3.16. The van der Waals surface area contributed by atoms with Crippen LogP contribution in [0.1, 0.15) is 49.1 Å². The maximum Gasteiger partial charge on any atom is 0.271 e. The van der Waals surface area contributed by atoms with Crippen molar-refractivity contribution in [2.24, 2.45) is 0 Å². The number of amides is 1. The first-order valence-electron chi connectivity index (χ1n) is 7.75. The van der Waals surface area contributed by atoms with E-state index in [0.717, 1.165) is 6.42 Å². The van der Waals surface area contributed by atoms with Crippen molar-refractivity contribution in [2.45, 2.75) is 19.4 Å². The molecule has 4 rings (SSSR count). The van der Waals surface area contributed by atoms with E-state index in [4.69, 9.17) is 0 Å². The summed E-state index contributed by atoms with van der Waals surface area (Å²) in [6, 6.07) is 7.83. The van der Waals surface area contributed by atoms with Gasteiger partial charge in [-0.2, -0.15) is 0 Å². The first kappa shape index (κ1) is 15.4. The Morgan fingerprint density at radius 2 is 2.12 bits per heavy atom. The highest BCUT2D eigenvalue weighted by molar-refractivity contribution is 7.10. The van der Waals surface area contributed by atoms with Crippen LogP contribution in [0, 0.1) is 0 Å². The molecule has 4 heterocycles. The van der Waals surface area contributed by atoms with Crippen molar-refractivity contribution in [1.82, 2.24) is 9.88 Å². The topological polar surface area (TPSA) is 53.2 Å². The van der Waals surface area contributed by atoms with Crippen molar-refractivity contribution >= 4 is 34.4 Å². The second-order valence-corrected chi connectivity index (χ2v) is 7.80.